The summed E-state index contributed by atoms with van der Waals surface area (Å²) >= 11 is 0. The van der Waals surface area contributed by atoms with Gasteiger partial charge in [-0.15, -0.1) is 0 Å². The van der Waals surface area contributed by atoms with Gasteiger partial charge in [-0.05, 0) is 12.3 Å². The minimum Gasteiger partial charge on any atom is -0.465 e. The summed E-state index contributed by atoms with van der Waals surface area (Å²) in [6.45, 7) is 2.37. The number of nitrogens with zero attached hydrogens (tertiary/aromatic N) is 1. The van der Waals surface area contributed by atoms with Crippen molar-refractivity contribution in [2.24, 2.45) is 11.8 Å². The molecule has 1 fully saturated rings. The van der Waals surface area contributed by atoms with E-state index in [0.29, 0.717) is 19.5 Å². The SMILES string of the molecule is CC(C(O)F)[C@H]1CCN(C(=O)O)C1. The first kappa shape index (κ1) is 10.2. The molecule has 1 rings (SSSR count). The normalized spacial score (nSPS) is 27.3. The molecule has 1 aliphatic rings. The van der Waals surface area contributed by atoms with E-state index < -0.39 is 18.4 Å². The average Bonchev–Trinajstić information content (AvgIpc) is 2.50. The molecule has 2 N–H and O–H groups in total. The smallest absolute Gasteiger partial charge is 0.407 e. The molecule has 0 saturated carbocycles. The number of aliphatic hydroxyl groups is 1. The summed E-state index contributed by atoms with van der Waals surface area (Å²) in [5.41, 5.74) is 0. The Morgan fingerprint density at radius 2 is 2.31 bits per heavy atom. The van der Waals surface area contributed by atoms with Crippen LogP contribution in [0.25, 0.3) is 0 Å². The van der Waals surface area contributed by atoms with Crippen molar-refractivity contribution in [3.63, 3.8) is 0 Å². The van der Waals surface area contributed by atoms with Crippen LogP contribution in [-0.4, -0.2) is 40.7 Å². The second-order valence-corrected chi connectivity index (χ2v) is 3.51. The Morgan fingerprint density at radius 1 is 1.69 bits per heavy atom. The standard InChI is InChI=1S/C8H14FNO3/c1-5(7(9)11)6-2-3-10(4-6)8(12)13/h5-7,11H,2-4H2,1H3,(H,12,13)/t5?,6-,7?/m0/s1. The first-order valence-corrected chi connectivity index (χ1v) is 4.32. The van der Waals surface area contributed by atoms with Gasteiger partial charge in [-0.25, -0.2) is 9.18 Å². The summed E-state index contributed by atoms with van der Waals surface area (Å²) in [5.74, 6) is -0.541. The number of hydrogen-bond donors (Lipinski definition) is 2. The first-order valence-electron chi connectivity index (χ1n) is 4.32. The summed E-state index contributed by atoms with van der Waals surface area (Å²) in [5, 5.41) is 17.3. The Labute approximate surface area is 76.0 Å². The molecule has 0 radical (unpaired) electrons. The lowest BCUT2D eigenvalue weighted by Crippen LogP contribution is -2.29. The molecule has 4 nitrogen and oxygen atoms in total. The summed E-state index contributed by atoms with van der Waals surface area (Å²) in [7, 11) is 0. The van der Waals surface area contributed by atoms with Gasteiger partial charge in [-0.1, -0.05) is 6.92 Å². The second-order valence-electron chi connectivity index (χ2n) is 3.51. The van der Waals surface area contributed by atoms with Gasteiger partial charge < -0.3 is 15.1 Å². The highest BCUT2D eigenvalue weighted by Crippen LogP contribution is 2.26. The van der Waals surface area contributed by atoms with Crippen LogP contribution in [0.3, 0.4) is 0 Å². The Hall–Kier alpha value is -0.840. The quantitative estimate of drug-likeness (QED) is 0.682. The largest absolute Gasteiger partial charge is 0.465 e. The third-order valence-electron chi connectivity index (χ3n) is 2.67. The number of carbonyl (C=O) groups is 1. The van der Waals surface area contributed by atoms with Gasteiger partial charge >= 0.3 is 6.09 Å². The summed E-state index contributed by atoms with van der Waals surface area (Å²) < 4.78 is 12.5. The number of alkyl halides is 1. The maximum Gasteiger partial charge on any atom is 0.407 e. The minimum absolute atomic E-state index is 0.0592. The summed E-state index contributed by atoms with van der Waals surface area (Å²) in [6.07, 6.45) is -2.18. The predicted octanol–water partition coefficient (Wildman–Crippen LogP) is 0.910. The third kappa shape index (κ3) is 2.30. The van der Waals surface area contributed by atoms with E-state index in [1.165, 1.54) is 4.90 Å². The zero-order chi connectivity index (χ0) is 10.0. The van der Waals surface area contributed by atoms with Crippen LogP contribution in [0.15, 0.2) is 0 Å². The van der Waals surface area contributed by atoms with Crippen molar-refractivity contribution in [3.05, 3.63) is 0 Å². The van der Waals surface area contributed by atoms with Gasteiger partial charge in [0.05, 0.1) is 0 Å². The Morgan fingerprint density at radius 3 is 2.69 bits per heavy atom. The summed E-state index contributed by atoms with van der Waals surface area (Å²) in [4.78, 5) is 11.8. The molecule has 0 aliphatic carbocycles. The van der Waals surface area contributed by atoms with E-state index in [4.69, 9.17) is 10.2 Å². The maximum absolute atomic E-state index is 12.5. The molecule has 0 spiro atoms. The van der Waals surface area contributed by atoms with Crippen molar-refractivity contribution in [1.29, 1.82) is 0 Å². The lowest BCUT2D eigenvalue weighted by Gasteiger charge is -2.19. The molecule has 5 heteroatoms. The molecule has 0 aromatic carbocycles. The van der Waals surface area contributed by atoms with Crippen LogP contribution in [0.5, 0.6) is 0 Å². The number of hydrogen-bond acceptors (Lipinski definition) is 2. The number of likely N-dealkylation sites (tertiary alicyclic amines) is 1. The van der Waals surface area contributed by atoms with Gasteiger partial charge in [0.1, 0.15) is 0 Å². The second kappa shape index (κ2) is 3.91. The van der Waals surface area contributed by atoms with E-state index in [0.717, 1.165) is 0 Å². The van der Waals surface area contributed by atoms with Crippen molar-refractivity contribution in [1.82, 2.24) is 4.90 Å². The molecular weight excluding hydrogens is 177 g/mol. The predicted molar refractivity (Wildman–Crippen MR) is 44.0 cm³/mol. The van der Waals surface area contributed by atoms with E-state index >= 15 is 0 Å². The zero-order valence-corrected chi connectivity index (χ0v) is 7.48. The topological polar surface area (TPSA) is 60.8 Å². The molecule has 0 aromatic rings. The van der Waals surface area contributed by atoms with Crippen molar-refractivity contribution in [2.75, 3.05) is 13.1 Å². The highest BCUT2D eigenvalue weighted by Gasteiger charge is 2.32. The van der Waals surface area contributed by atoms with E-state index in [1.807, 2.05) is 0 Å². The fraction of sp³-hybridized carbons (Fsp3) is 0.875. The maximum atomic E-state index is 12.5. The third-order valence-corrected chi connectivity index (χ3v) is 2.67. The molecule has 1 amide bonds. The van der Waals surface area contributed by atoms with Crippen molar-refractivity contribution in [2.45, 2.75) is 19.7 Å². The molecule has 1 saturated heterocycles. The molecule has 76 valence electrons. The number of carboxylic acid groups (broad SMARTS) is 1. The van der Waals surface area contributed by atoms with E-state index in [-0.39, 0.29) is 5.92 Å². The van der Waals surface area contributed by atoms with Gasteiger partial charge in [0.15, 0.2) is 6.36 Å². The lowest BCUT2D eigenvalue weighted by atomic mass is 9.93. The zero-order valence-electron chi connectivity index (χ0n) is 7.48. The fourth-order valence-corrected chi connectivity index (χ4v) is 1.61. The van der Waals surface area contributed by atoms with Crippen LogP contribution in [0.1, 0.15) is 13.3 Å². The van der Waals surface area contributed by atoms with Crippen molar-refractivity contribution >= 4 is 6.09 Å². The number of halogens is 1. The summed E-state index contributed by atoms with van der Waals surface area (Å²) in [6, 6.07) is 0. The van der Waals surface area contributed by atoms with Crippen LogP contribution in [-0.2, 0) is 0 Å². The molecule has 0 aromatic heterocycles. The number of rotatable bonds is 2. The van der Waals surface area contributed by atoms with E-state index in [1.54, 1.807) is 6.92 Å². The molecule has 0 bridgehead atoms. The lowest BCUT2D eigenvalue weighted by molar-refractivity contribution is -0.0248. The Balaban J connectivity index is 2.45. The van der Waals surface area contributed by atoms with Crippen molar-refractivity contribution < 1.29 is 19.4 Å². The molecule has 13 heavy (non-hydrogen) atoms. The van der Waals surface area contributed by atoms with Crippen LogP contribution in [0.4, 0.5) is 9.18 Å². The Bertz CT molecular complexity index is 198. The van der Waals surface area contributed by atoms with Crippen LogP contribution < -0.4 is 0 Å². The highest BCUT2D eigenvalue weighted by molar-refractivity contribution is 5.65. The van der Waals surface area contributed by atoms with Gasteiger partial charge in [0.25, 0.3) is 0 Å². The highest BCUT2D eigenvalue weighted by atomic mass is 19.1. The van der Waals surface area contributed by atoms with Gasteiger partial charge in [0, 0.05) is 19.0 Å². The molecule has 3 atom stereocenters. The minimum atomic E-state index is -1.85. The van der Waals surface area contributed by atoms with Crippen molar-refractivity contribution in [3.8, 4) is 0 Å². The first-order chi connectivity index (χ1) is 6.02. The molecule has 2 unspecified atom stereocenters. The molecule has 1 aliphatic heterocycles. The van der Waals surface area contributed by atoms with Gasteiger partial charge in [0.2, 0.25) is 0 Å². The van der Waals surface area contributed by atoms with E-state index in [9.17, 15) is 9.18 Å². The molecular formula is C8H14FNO3. The number of aliphatic hydroxyl groups excluding tert-OH is 1. The number of amides is 1. The van der Waals surface area contributed by atoms with Crippen LogP contribution >= 0.6 is 0 Å². The molecule has 1 heterocycles. The van der Waals surface area contributed by atoms with Gasteiger partial charge in [-0.3, -0.25) is 0 Å². The fourth-order valence-electron chi connectivity index (χ4n) is 1.61. The van der Waals surface area contributed by atoms with Gasteiger partial charge in [-0.2, -0.15) is 0 Å². The Kier molecular flexibility index (Phi) is 3.08. The van der Waals surface area contributed by atoms with Crippen LogP contribution in [0.2, 0.25) is 0 Å². The monoisotopic (exact) mass is 191 g/mol. The van der Waals surface area contributed by atoms with Crippen LogP contribution in [0, 0.1) is 11.8 Å². The average molecular weight is 191 g/mol. The van der Waals surface area contributed by atoms with E-state index in [2.05, 4.69) is 0 Å².